The van der Waals surface area contributed by atoms with Crippen LogP contribution in [0.15, 0.2) is 12.2 Å². The lowest BCUT2D eigenvalue weighted by atomic mass is 10.3. The second kappa shape index (κ2) is 6.52. The van der Waals surface area contributed by atoms with E-state index in [2.05, 4.69) is 13.0 Å². The molecule has 0 aliphatic heterocycles. The molecule has 0 aliphatic carbocycles. The first-order valence-corrected chi connectivity index (χ1v) is 4.67. The highest BCUT2D eigenvalue weighted by Crippen LogP contribution is 1.98. The van der Waals surface area contributed by atoms with Crippen LogP contribution in [0.1, 0.15) is 26.7 Å². The van der Waals surface area contributed by atoms with Crippen molar-refractivity contribution in [3.05, 3.63) is 12.2 Å². The minimum absolute atomic E-state index is 0.0125. The van der Waals surface area contributed by atoms with Crippen molar-refractivity contribution in [2.24, 2.45) is 0 Å². The fourth-order valence-electron chi connectivity index (χ4n) is 0.775. The van der Waals surface area contributed by atoms with E-state index in [0.29, 0.717) is 0 Å². The highest BCUT2D eigenvalue weighted by Gasteiger charge is 2.03. The molecule has 0 saturated heterocycles. The third kappa shape index (κ3) is 6.20. The van der Waals surface area contributed by atoms with Gasteiger partial charge in [0.1, 0.15) is 6.10 Å². The number of rotatable bonds is 4. The van der Waals surface area contributed by atoms with Gasteiger partial charge in [-0.05, 0) is 19.4 Å². The predicted molar refractivity (Wildman–Crippen MR) is 56.0 cm³/mol. The Bertz CT molecular complexity index is 176. The van der Waals surface area contributed by atoms with Gasteiger partial charge in [0.25, 0.3) is 6.02 Å². The summed E-state index contributed by atoms with van der Waals surface area (Å²) in [5.41, 5.74) is 0. The standard InChI is InChI=1S/C10H20N2O/c1-5-6-7-8-9(2)13-10(11)12(3)4/h7-9,11H,5-6H2,1-4H3/b8-7+,11-10?. The first kappa shape index (κ1) is 12.0. The summed E-state index contributed by atoms with van der Waals surface area (Å²) in [7, 11) is 3.59. The van der Waals surface area contributed by atoms with E-state index in [-0.39, 0.29) is 12.1 Å². The maximum Gasteiger partial charge on any atom is 0.284 e. The smallest absolute Gasteiger partial charge is 0.284 e. The Morgan fingerprint density at radius 1 is 1.54 bits per heavy atom. The van der Waals surface area contributed by atoms with Gasteiger partial charge < -0.3 is 9.64 Å². The number of hydrogen-bond acceptors (Lipinski definition) is 2. The molecule has 0 bridgehead atoms. The highest BCUT2D eigenvalue weighted by atomic mass is 16.5. The summed E-state index contributed by atoms with van der Waals surface area (Å²) in [5, 5.41) is 7.42. The Hall–Kier alpha value is -0.990. The molecule has 0 spiro atoms. The van der Waals surface area contributed by atoms with Gasteiger partial charge in [-0.2, -0.15) is 0 Å². The summed E-state index contributed by atoms with van der Waals surface area (Å²) < 4.78 is 5.28. The van der Waals surface area contributed by atoms with Gasteiger partial charge in [0.2, 0.25) is 0 Å². The Balaban J connectivity index is 3.73. The molecule has 0 saturated carbocycles. The maximum absolute atomic E-state index is 7.42. The molecule has 3 heteroatoms. The zero-order valence-corrected chi connectivity index (χ0v) is 9.00. The van der Waals surface area contributed by atoms with Crippen LogP contribution in [0, 0.1) is 5.41 Å². The van der Waals surface area contributed by atoms with Crippen molar-refractivity contribution in [3.63, 3.8) is 0 Å². The molecule has 0 heterocycles. The Morgan fingerprint density at radius 3 is 2.62 bits per heavy atom. The van der Waals surface area contributed by atoms with Gasteiger partial charge in [-0.15, -0.1) is 0 Å². The van der Waals surface area contributed by atoms with Crippen molar-refractivity contribution < 1.29 is 4.74 Å². The van der Waals surface area contributed by atoms with Crippen molar-refractivity contribution in [2.75, 3.05) is 14.1 Å². The fraction of sp³-hybridized carbons (Fsp3) is 0.700. The summed E-state index contributed by atoms with van der Waals surface area (Å²) in [4.78, 5) is 1.64. The van der Waals surface area contributed by atoms with Crippen LogP contribution in [-0.2, 0) is 4.74 Å². The van der Waals surface area contributed by atoms with Crippen molar-refractivity contribution in [1.82, 2.24) is 4.90 Å². The van der Waals surface area contributed by atoms with E-state index in [1.54, 1.807) is 19.0 Å². The van der Waals surface area contributed by atoms with E-state index in [1.807, 2.05) is 13.0 Å². The monoisotopic (exact) mass is 184 g/mol. The van der Waals surface area contributed by atoms with Crippen molar-refractivity contribution in [1.29, 1.82) is 5.41 Å². The molecule has 0 aromatic rings. The van der Waals surface area contributed by atoms with Crippen LogP contribution in [0.5, 0.6) is 0 Å². The first-order chi connectivity index (χ1) is 6.07. The SMILES string of the molecule is CCC/C=C/C(C)OC(=N)N(C)C. The fourth-order valence-corrected chi connectivity index (χ4v) is 0.775. The van der Waals surface area contributed by atoms with Gasteiger partial charge in [-0.25, -0.2) is 0 Å². The molecule has 13 heavy (non-hydrogen) atoms. The second-order valence-corrected chi connectivity index (χ2v) is 3.24. The molecule has 1 atom stereocenters. The molecule has 0 fully saturated rings. The van der Waals surface area contributed by atoms with Crippen LogP contribution < -0.4 is 0 Å². The number of amidine groups is 1. The first-order valence-electron chi connectivity index (χ1n) is 4.67. The average molecular weight is 184 g/mol. The third-order valence-electron chi connectivity index (χ3n) is 1.57. The van der Waals surface area contributed by atoms with Crippen LogP contribution in [0.2, 0.25) is 0 Å². The van der Waals surface area contributed by atoms with Gasteiger partial charge >= 0.3 is 0 Å². The number of unbranched alkanes of at least 4 members (excludes halogenated alkanes) is 1. The molecule has 3 nitrogen and oxygen atoms in total. The Morgan fingerprint density at radius 2 is 2.15 bits per heavy atom. The number of nitrogens with one attached hydrogen (secondary N) is 1. The third-order valence-corrected chi connectivity index (χ3v) is 1.57. The van der Waals surface area contributed by atoms with E-state index in [0.717, 1.165) is 12.8 Å². The van der Waals surface area contributed by atoms with Crippen LogP contribution in [0.25, 0.3) is 0 Å². The molecular weight excluding hydrogens is 164 g/mol. The molecule has 0 amide bonds. The van der Waals surface area contributed by atoms with E-state index in [9.17, 15) is 0 Å². The van der Waals surface area contributed by atoms with E-state index in [1.165, 1.54) is 0 Å². The number of hydrogen-bond donors (Lipinski definition) is 1. The topological polar surface area (TPSA) is 36.3 Å². The molecular formula is C10H20N2O. The van der Waals surface area contributed by atoms with Gasteiger partial charge in [0.05, 0.1) is 0 Å². The van der Waals surface area contributed by atoms with Gasteiger partial charge in [-0.3, -0.25) is 5.41 Å². The minimum Gasteiger partial charge on any atom is -0.458 e. The molecule has 0 rings (SSSR count). The summed E-state index contributed by atoms with van der Waals surface area (Å²) in [5.74, 6) is 0. The van der Waals surface area contributed by atoms with Crippen molar-refractivity contribution in [3.8, 4) is 0 Å². The Labute approximate surface area is 80.9 Å². The van der Waals surface area contributed by atoms with E-state index >= 15 is 0 Å². The average Bonchev–Trinajstić information content (AvgIpc) is 2.04. The lowest BCUT2D eigenvalue weighted by Crippen LogP contribution is -2.26. The lowest BCUT2D eigenvalue weighted by Gasteiger charge is -2.17. The van der Waals surface area contributed by atoms with Gasteiger partial charge in [-0.1, -0.05) is 19.4 Å². The van der Waals surface area contributed by atoms with Crippen LogP contribution in [0.4, 0.5) is 0 Å². The summed E-state index contributed by atoms with van der Waals surface area (Å²) >= 11 is 0. The van der Waals surface area contributed by atoms with Crippen LogP contribution >= 0.6 is 0 Å². The quantitative estimate of drug-likeness (QED) is 0.413. The molecule has 0 aliphatic rings. The second-order valence-electron chi connectivity index (χ2n) is 3.24. The summed E-state index contributed by atoms with van der Waals surface area (Å²) in [6.07, 6.45) is 6.29. The van der Waals surface area contributed by atoms with Gasteiger partial charge in [0.15, 0.2) is 0 Å². The van der Waals surface area contributed by atoms with Crippen LogP contribution in [0.3, 0.4) is 0 Å². The molecule has 1 N–H and O–H groups in total. The van der Waals surface area contributed by atoms with Crippen molar-refractivity contribution >= 4 is 6.02 Å². The van der Waals surface area contributed by atoms with E-state index in [4.69, 9.17) is 10.1 Å². The van der Waals surface area contributed by atoms with E-state index < -0.39 is 0 Å². The predicted octanol–water partition coefficient (Wildman–Crippen LogP) is 2.24. The maximum atomic E-state index is 7.42. The molecule has 1 unspecified atom stereocenters. The summed E-state index contributed by atoms with van der Waals surface area (Å²) in [6.45, 7) is 4.07. The zero-order chi connectivity index (χ0) is 10.3. The molecule has 0 aromatic heterocycles. The molecule has 0 aromatic carbocycles. The number of nitrogens with zero attached hydrogens (tertiary/aromatic N) is 1. The van der Waals surface area contributed by atoms with Gasteiger partial charge in [0, 0.05) is 14.1 Å². The normalized spacial score (nSPS) is 12.9. The summed E-state index contributed by atoms with van der Waals surface area (Å²) in [6, 6.07) is 0.202. The number of ether oxygens (including phenoxy) is 1. The zero-order valence-electron chi connectivity index (χ0n) is 9.00. The molecule has 76 valence electrons. The highest BCUT2D eigenvalue weighted by molar-refractivity contribution is 5.69. The lowest BCUT2D eigenvalue weighted by molar-refractivity contribution is 0.213. The largest absolute Gasteiger partial charge is 0.458 e. The molecule has 0 radical (unpaired) electrons. The minimum atomic E-state index is -0.0125. The van der Waals surface area contributed by atoms with Crippen molar-refractivity contribution in [2.45, 2.75) is 32.8 Å². The Kier molecular flexibility index (Phi) is 6.02. The number of allylic oxidation sites excluding steroid dienone is 1. The van der Waals surface area contributed by atoms with Crippen LogP contribution in [-0.4, -0.2) is 31.1 Å².